The Hall–Kier alpha value is -0.110. The van der Waals surface area contributed by atoms with Crippen LogP contribution in [0.2, 0.25) is 0 Å². The molecule has 60 valence electrons. The summed E-state index contributed by atoms with van der Waals surface area (Å²) < 4.78 is 22.9. The first-order valence-electron chi connectivity index (χ1n) is 3.00. The summed E-state index contributed by atoms with van der Waals surface area (Å²) in [7, 11) is -2.86. The van der Waals surface area contributed by atoms with Crippen molar-refractivity contribution < 1.29 is 8.42 Å². The van der Waals surface area contributed by atoms with Crippen LogP contribution in [0.4, 0.5) is 0 Å². The smallest absolute Gasteiger partial charge is 0.160 e. The Morgan fingerprint density at radius 2 is 2.18 bits per heavy atom. The summed E-state index contributed by atoms with van der Waals surface area (Å²) in [6, 6.07) is 0. The van der Waals surface area contributed by atoms with Gasteiger partial charge in [-0.25, -0.2) is 8.42 Å². The molecule has 2 rings (SSSR count). The predicted molar refractivity (Wildman–Crippen MR) is 47.6 cm³/mol. The van der Waals surface area contributed by atoms with E-state index < -0.39 is 9.84 Å². The maximum Gasteiger partial charge on any atom is 0.160 e. The highest BCUT2D eigenvalue weighted by molar-refractivity contribution is 14.1. The Morgan fingerprint density at radius 1 is 1.45 bits per heavy atom. The normalized spacial score (nSPS) is 20.1. The summed E-state index contributed by atoms with van der Waals surface area (Å²) in [5, 5.41) is 6.61. The average molecular weight is 284 g/mol. The number of hydrogen-bond donors (Lipinski definition) is 1. The van der Waals surface area contributed by atoms with Gasteiger partial charge in [0.05, 0.1) is 17.2 Å². The Bertz CT molecular complexity index is 395. The zero-order chi connectivity index (χ0) is 8.06. The molecule has 4 nitrogen and oxygen atoms in total. The molecule has 1 aliphatic heterocycles. The highest BCUT2D eigenvalue weighted by atomic mass is 127. The van der Waals surface area contributed by atoms with Gasteiger partial charge in [-0.15, -0.1) is 0 Å². The number of halogens is 1. The minimum Gasteiger partial charge on any atom is -0.280 e. The van der Waals surface area contributed by atoms with Gasteiger partial charge in [0, 0.05) is 5.56 Å². The van der Waals surface area contributed by atoms with E-state index in [9.17, 15) is 8.42 Å². The Kier molecular flexibility index (Phi) is 1.50. The van der Waals surface area contributed by atoms with Crippen molar-refractivity contribution >= 4 is 32.4 Å². The molecule has 0 spiro atoms. The van der Waals surface area contributed by atoms with Crippen molar-refractivity contribution in [3.63, 3.8) is 0 Å². The van der Waals surface area contributed by atoms with E-state index in [2.05, 4.69) is 10.2 Å². The highest BCUT2D eigenvalue weighted by Gasteiger charge is 2.28. The molecule has 0 bridgehead atoms. The van der Waals surface area contributed by atoms with E-state index in [0.29, 0.717) is 0 Å². The van der Waals surface area contributed by atoms with Gasteiger partial charge in [-0.2, -0.15) is 5.10 Å². The number of fused-ring (bicyclic) bond motifs is 1. The van der Waals surface area contributed by atoms with Crippen molar-refractivity contribution in [3.05, 3.63) is 15.0 Å². The molecular weight excluding hydrogens is 279 g/mol. The van der Waals surface area contributed by atoms with Gasteiger partial charge < -0.3 is 0 Å². The van der Waals surface area contributed by atoms with Gasteiger partial charge in [0.25, 0.3) is 0 Å². The van der Waals surface area contributed by atoms with Crippen molar-refractivity contribution in [1.29, 1.82) is 0 Å². The molecule has 0 unspecified atom stereocenters. The number of hydrogen-bond acceptors (Lipinski definition) is 3. The summed E-state index contributed by atoms with van der Waals surface area (Å²) in [6.45, 7) is 0. The standard InChI is InChI=1S/C5H5IN2O2S/c6-5-3-1-11(9,10)2-4(3)7-8-5/h1-2H2,(H,7,8). The molecule has 1 aromatic heterocycles. The molecule has 0 radical (unpaired) electrons. The Balaban J connectivity index is 2.58. The molecular formula is C5H5IN2O2S. The van der Waals surface area contributed by atoms with E-state index in [1.807, 2.05) is 22.6 Å². The number of aromatic nitrogens is 2. The van der Waals surface area contributed by atoms with Crippen molar-refractivity contribution in [2.24, 2.45) is 0 Å². The van der Waals surface area contributed by atoms with Crippen LogP contribution in [0.3, 0.4) is 0 Å². The zero-order valence-electron chi connectivity index (χ0n) is 5.46. The maximum atomic E-state index is 11.0. The fourth-order valence-electron chi connectivity index (χ4n) is 1.13. The SMILES string of the molecule is O=S1(=O)Cc2[nH]nc(I)c2C1. The lowest BCUT2D eigenvalue weighted by molar-refractivity contribution is 0.597. The monoisotopic (exact) mass is 284 g/mol. The van der Waals surface area contributed by atoms with E-state index in [-0.39, 0.29) is 11.5 Å². The van der Waals surface area contributed by atoms with Gasteiger partial charge in [-0.1, -0.05) is 0 Å². The van der Waals surface area contributed by atoms with Gasteiger partial charge in [0.15, 0.2) is 9.84 Å². The number of nitrogens with zero attached hydrogens (tertiary/aromatic N) is 1. The third-order valence-corrected chi connectivity index (χ3v) is 3.98. The van der Waals surface area contributed by atoms with Crippen LogP contribution in [0.15, 0.2) is 0 Å². The number of H-pyrrole nitrogens is 1. The second-order valence-electron chi connectivity index (χ2n) is 2.50. The van der Waals surface area contributed by atoms with E-state index in [4.69, 9.17) is 0 Å². The van der Waals surface area contributed by atoms with Crippen molar-refractivity contribution in [2.45, 2.75) is 11.5 Å². The van der Waals surface area contributed by atoms with Crippen LogP contribution in [0.25, 0.3) is 0 Å². The lowest BCUT2D eigenvalue weighted by Crippen LogP contribution is -1.98. The van der Waals surface area contributed by atoms with Crippen molar-refractivity contribution in [3.8, 4) is 0 Å². The first-order valence-corrected chi connectivity index (χ1v) is 5.90. The fourth-order valence-corrected chi connectivity index (χ4v) is 3.56. The largest absolute Gasteiger partial charge is 0.280 e. The number of sulfone groups is 1. The van der Waals surface area contributed by atoms with Crippen LogP contribution < -0.4 is 0 Å². The minimum atomic E-state index is -2.86. The second kappa shape index (κ2) is 2.19. The van der Waals surface area contributed by atoms with E-state index in [0.717, 1.165) is 15.0 Å². The lowest BCUT2D eigenvalue weighted by Gasteiger charge is -1.87. The molecule has 6 heteroatoms. The minimum absolute atomic E-state index is 0.123. The summed E-state index contributed by atoms with van der Waals surface area (Å²) in [5.74, 6) is 0.273. The van der Waals surface area contributed by atoms with Crippen LogP contribution in [-0.4, -0.2) is 18.6 Å². The van der Waals surface area contributed by atoms with Crippen molar-refractivity contribution in [1.82, 2.24) is 10.2 Å². The van der Waals surface area contributed by atoms with E-state index in [1.54, 1.807) is 0 Å². The van der Waals surface area contributed by atoms with Gasteiger partial charge >= 0.3 is 0 Å². The average Bonchev–Trinajstić information content (AvgIpc) is 2.31. The fraction of sp³-hybridized carbons (Fsp3) is 0.400. The molecule has 0 fully saturated rings. The third-order valence-electron chi connectivity index (χ3n) is 1.63. The topological polar surface area (TPSA) is 62.8 Å². The summed E-state index contributed by atoms with van der Waals surface area (Å²) >= 11 is 2.03. The molecule has 2 heterocycles. The molecule has 1 N–H and O–H groups in total. The molecule has 0 saturated carbocycles. The summed E-state index contributed by atoms with van der Waals surface area (Å²) in [4.78, 5) is 0. The quantitative estimate of drug-likeness (QED) is 0.703. The molecule has 0 saturated heterocycles. The lowest BCUT2D eigenvalue weighted by atomic mass is 10.3. The van der Waals surface area contributed by atoms with Crippen LogP contribution in [0.1, 0.15) is 11.3 Å². The van der Waals surface area contributed by atoms with Crippen LogP contribution >= 0.6 is 22.6 Å². The first kappa shape index (κ1) is 7.53. The Morgan fingerprint density at radius 3 is 2.82 bits per heavy atom. The van der Waals surface area contributed by atoms with Crippen LogP contribution in [0, 0.1) is 3.70 Å². The maximum absolute atomic E-state index is 11.0. The predicted octanol–water partition coefficient (Wildman–Crippen LogP) is 0.443. The molecule has 11 heavy (non-hydrogen) atoms. The first-order chi connectivity index (χ1) is 5.08. The molecule has 1 aliphatic rings. The molecule has 0 amide bonds. The van der Waals surface area contributed by atoms with E-state index in [1.165, 1.54) is 0 Å². The summed E-state index contributed by atoms with van der Waals surface area (Å²) in [6.07, 6.45) is 0. The number of rotatable bonds is 0. The van der Waals surface area contributed by atoms with Crippen LogP contribution in [0.5, 0.6) is 0 Å². The zero-order valence-corrected chi connectivity index (χ0v) is 8.44. The number of nitrogens with one attached hydrogen (secondary N) is 1. The molecule has 0 aliphatic carbocycles. The third kappa shape index (κ3) is 1.18. The summed E-state index contributed by atoms with van der Waals surface area (Å²) in [5.41, 5.74) is 1.61. The molecule has 0 aromatic carbocycles. The van der Waals surface area contributed by atoms with Gasteiger partial charge in [-0.05, 0) is 22.6 Å². The van der Waals surface area contributed by atoms with Crippen molar-refractivity contribution in [2.75, 3.05) is 0 Å². The van der Waals surface area contributed by atoms with Gasteiger partial charge in [0.1, 0.15) is 3.70 Å². The molecule has 0 atom stereocenters. The van der Waals surface area contributed by atoms with Gasteiger partial charge in [0.2, 0.25) is 0 Å². The van der Waals surface area contributed by atoms with E-state index >= 15 is 0 Å². The highest BCUT2D eigenvalue weighted by Crippen LogP contribution is 2.26. The number of aromatic amines is 1. The molecule has 1 aromatic rings. The Labute approximate surface area is 77.4 Å². The van der Waals surface area contributed by atoms with Crippen LogP contribution in [-0.2, 0) is 21.3 Å². The second-order valence-corrected chi connectivity index (χ2v) is 5.59. The van der Waals surface area contributed by atoms with Gasteiger partial charge in [-0.3, -0.25) is 5.10 Å².